The molecule has 1 atom stereocenters. The lowest BCUT2D eigenvalue weighted by molar-refractivity contribution is 0.330. The predicted molar refractivity (Wildman–Crippen MR) is 65.5 cm³/mol. The third-order valence-electron chi connectivity index (χ3n) is 2.32. The average molecular weight is 254 g/mol. The first-order chi connectivity index (χ1) is 8.13. The van der Waals surface area contributed by atoms with Gasteiger partial charge in [-0.1, -0.05) is 11.6 Å². The first kappa shape index (κ1) is 11.8. The summed E-state index contributed by atoms with van der Waals surface area (Å²) in [5.74, 6) is 0.320. The number of allylic oxidation sites excluding steroid dienone is 1. The molecule has 6 nitrogen and oxygen atoms in total. The Labute approximate surface area is 103 Å². The zero-order chi connectivity index (χ0) is 12.4. The van der Waals surface area contributed by atoms with E-state index in [1.807, 2.05) is 0 Å². The summed E-state index contributed by atoms with van der Waals surface area (Å²) >= 11 is 6.19. The number of nitrogen functional groups attached to an aromatic ring is 1. The van der Waals surface area contributed by atoms with E-state index in [1.54, 1.807) is 23.9 Å². The van der Waals surface area contributed by atoms with Gasteiger partial charge in [0.25, 0.3) is 0 Å². The number of aliphatic hydroxyl groups excluding tert-OH is 1. The lowest BCUT2D eigenvalue weighted by atomic mass is 10.3. The van der Waals surface area contributed by atoms with E-state index in [2.05, 4.69) is 15.0 Å². The number of fused-ring (bicyclic) bond motifs is 1. The Hall–Kier alpha value is -1.66. The molecule has 17 heavy (non-hydrogen) atoms. The molecule has 0 radical (unpaired) electrons. The highest BCUT2D eigenvalue weighted by atomic mass is 35.5. The van der Waals surface area contributed by atoms with Gasteiger partial charge in [-0.2, -0.15) is 0 Å². The van der Waals surface area contributed by atoms with Crippen LogP contribution < -0.4 is 5.73 Å². The molecule has 0 saturated carbocycles. The zero-order valence-corrected chi connectivity index (χ0v) is 9.96. The van der Waals surface area contributed by atoms with Crippen LogP contribution >= 0.6 is 11.6 Å². The van der Waals surface area contributed by atoms with Crippen LogP contribution in [-0.4, -0.2) is 31.2 Å². The summed E-state index contributed by atoms with van der Waals surface area (Å²) in [5.41, 5.74) is 7.06. The molecule has 90 valence electrons. The fourth-order valence-electron chi connectivity index (χ4n) is 1.42. The fraction of sp³-hybridized carbons (Fsp3) is 0.300. The normalized spacial score (nSPS) is 14.2. The number of imidazole rings is 1. The van der Waals surface area contributed by atoms with E-state index in [1.165, 1.54) is 6.33 Å². The third-order valence-corrected chi connectivity index (χ3v) is 2.66. The third kappa shape index (κ3) is 2.22. The SMILES string of the molecule is C/C(=C\C(Cl)n1cnc2c(N)ncnc21)CO. The largest absolute Gasteiger partial charge is 0.392 e. The molecule has 2 rings (SSSR count). The van der Waals surface area contributed by atoms with E-state index in [9.17, 15) is 0 Å². The van der Waals surface area contributed by atoms with Crippen molar-refractivity contribution < 1.29 is 5.11 Å². The maximum absolute atomic E-state index is 8.94. The molecule has 0 spiro atoms. The molecular formula is C10H12ClN5O. The van der Waals surface area contributed by atoms with Gasteiger partial charge in [0, 0.05) is 0 Å². The van der Waals surface area contributed by atoms with E-state index in [-0.39, 0.29) is 6.61 Å². The van der Waals surface area contributed by atoms with E-state index < -0.39 is 5.50 Å². The molecule has 0 bridgehead atoms. The molecule has 0 aliphatic heterocycles. The van der Waals surface area contributed by atoms with Crippen LogP contribution in [0.4, 0.5) is 5.82 Å². The van der Waals surface area contributed by atoms with Gasteiger partial charge in [0.15, 0.2) is 11.5 Å². The molecule has 0 aromatic carbocycles. The van der Waals surface area contributed by atoms with Crippen molar-refractivity contribution in [2.45, 2.75) is 12.4 Å². The number of halogens is 1. The van der Waals surface area contributed by atoms with Crippen LogP contribution in [0.2, 0.25) is 0 Å². The minimum atomic E-state index is -0.471. The van der Waals surface area contributed by atoms with Crippen LogP contribution in [-0.2, 0) is 0 Å². The highest BCUT2D eigenvalue weighted by molar-refractivity contribution is 6.20. The summed E-state index contributed by atoms with van der Waals surface area (Å²) in [6.45, 7) is 1.75. The number of nitrogens with zero attached hydrogens (tertiary/aromatic N) is 4. The molecular weight excluding hydrogens is 242 g/mol. The quantitative estimate of drug-likeness (QED) is 0.631. The Bertz CT molecular complexity index is 565. The second-order valence-corrected chi connectivity index (χ2v) is 4.07. The smallest absolute Gasteiger partial charge is 0.166 e. The molecule has 0 fully saturated rings. The van der Waals surface area contributed by atoms with Gasteiger partial charge in [0.1, 0.15) is 17.3 Å². The Morgan fingerprint density at radius 1 is 1.59 bits per heavy atom. The monoisotopic (exact) mass is 253 g/mol. The first-order valence-electron chi connectivity index (χ1n) is 4.98. The van der Waals surface area contributed by atoms with E-state index in [0.717, 1.165) is 5.57 Å². The standard InChI is InChI=1S/C10H12ClN5O/c1-6(3-17)2-7(11)16-5-15-8-9(12)13-4-14-10(8)16/h2,4-5,7,17H,3H2,1H3,(H2,12,13,14)/b6-2+. The number of alkyl halides is 1. The average Bonchev–Trinajstić information content (AvgIpc) is 2.74. The van der Waals surface area contributed by atoms with Gasteiger partial charge in [0.2, 0.25) is 0 Å². The number of rotatable bonds is 3. The topological polar surface area (TPSA) is 89.9 Å². The van der Waals surface area contributed by atoms with E-state index in [0.29, 0.717) is 17.0 Å². The maximum atomic E-state index is 8.94. The fourth-order valence-corrected chi connectivity index (χ4v) is 1.78. The van der Waals surface area contributed by atoms with Crippen molar-refractivity contribution in [1.29, 1.82) is 0 Å². The van der Waals surface area contributed by atoms with Gasteiger partial charge in [-0.15, -0.1) is 0 Å². The number of anilines is 1. The van der Waals surface area contributed by atoms with Crippen molar-refractivity contribution in [3.63, 3.8) is 0 Å². The first-order valence-corrected chi connectivity index (χ1v) is 5.42. The summed E-state index contributed by atoms with van der Waals surface area (Å²) in [7, 11) is 0. The Morgan fingerprint density at radius 3 is 3.06 bits per heavy atom. The van der Waals surface area contributed by atoms with Gasteiger partial charge in [-0.3, -0.25) is 4.57 Å². The molecule has 0 aliphatic carbocycles. The minimum absolute atomic E-state index is 0.0347. The zero-order valence-electron chi connectivity index (χ0n) is 9.21. The van der Waals surface area contributed by atoms with Gasteiger partial charge in [0.05, 0.1) is 12.9 Å². The van der Waals surface area contributed by atoms with Crippen molar-refractivity contribution in [3.8, 4) is 0 Å². The van der Waals surface area contributed by atoms with Crippen LogP contribution in [0, 0.1) is 0 Å². The second-order valence-electron chi connectivity index (χ2n) is 3.63. The van der Waals surface area contributed by atoms with Gasteiger partial charge in [-0.05, 0) is 18.6 Å². The summed E-state index contributed by atoms with van der Waals surface area (Å²) in [6.07, 6.45) is 4.64. The van der Waals surface area contributed by atoms with Gasteiger partial charge >= 0.3 is 0 Å². The number of aliphatic hydroxyl groups is 1. The summed E-state index contributed by atoms with van der Waals surface area (Å²) in [4.78, 5) is 12.0. The van der Waals surface area contributed by atoms with Crippen molar-refractivity contribution in [2.24, 2.45) is 0 Å². The van der Waals surface area contributed by atoms with Crippen LogP contribution in [0.25, 0.3) is 11.2 Å². The van der Waals surface area contributed by atoms with Crippen LogP contribution in [0.3, 0.4) is 0 Å². The summed E-state index contributed by atoms with van der Waals surface area (Å²) in [6, 6.07) is 0. The second kappa shape index (κ2) is 4.68. The van der Waals surface area contributed by atoms with Gasteiger partial charge in [-0.25, -0.2) is 15.0 Å². The van der Waals surface area contributed by atoms with Crippen molar-refractivity contribution in [2.75, 3.05) is 12.3 Å². The lowest BCUT2D eigenvalue weighted by Crippen LogP contribution is -2.02. The summed E-state index contributed by atoms with van der Waals surface area (Å²) < 4.78 is 1.66. The Kier molecular flexibility index (Phi) is 3.26. The van der Waals surface area contributed by atoms with Crippen LogP contribution in [0.1, 0.15) is 12.4 Å². The van der Waals surface area contributed by atoms with Crippen molar-refractivity contribution in [3.05, 3.63) is 24.3 Å². The number of aromatic nitrogens is 4. The van der Waals surface area contributed by atoms with Gasteiger partial charge < -0.3 is 10.8 Å². The molecule has 3 N–H and O–H groups in total. The van der Waals surface area contributed by atoms with Crippen molar-refractivity contribution >= 4 is 28.6 Å². The number of hydrogen-bond acceptors (Lipinski definition) is 5. The molecule has 2 aromatic heterocycles. The number of nitrogens with two attached hydrogens (primary N) is 1. The Morgan fingerprint density at radius 2 is 2.35 bits per heavy atom. The minimum Gasteiger partial charge on any atom is -0.392 e. The van der Waals surface area contributed by atoms with E-state index in [4.69, 9.17) is 22.4 Å². The van der Waals surface area contributed by atoms with Crippen molar-refractivity contribution in [1.82, 2.24) is 19.5 Å². The van der Waals surface area contributed by atoms with Crippen LogP contribution in [0.15, 0.2) is 24.3 Å². The molecule has 0 aliphatic rings. The molecule has 0 amide bonds. The van der Waals surface area contributed by atoms with Crippen LogP contribution in [0.5, 0.6) is 0 Å². The van der Waals surface area contributed by atoms with E-state index >= 15 is 0 Å². The predicted octanol–water partition coefficient (Wildman–Crippen LogP) is 1.08. The highest BCUT2D eigenvalue weighted by Gasteiger charge is 2.12. The molecule has 0 saturated heterocycles. The maximum Gasteiger partial charge on any atom is 0.166 e. The molecule has 2 heterocycles. The Balaban J connectivity index is 2.46. The molecule has 7 heteroatoms. The summed E-state index contributed by atoms with van der Waals surface area (Å²) in [5, 5.41) is 8.94. The molecule has 2 aromatic rings. The molecule has 1 unspecified atom stereocenters. The number of hydrogen-bond donors (Lipinski definition) is 2. The highest BCUT2D eigenvalue weighted by Crippen LogP contribution is 2.22. The lowest BCUT2D eigenvalue weighted by Gasteiger charge is -2.08.